The fourth-order valence-electron chi connectivity index (χ4n) is 1.61. The topological polar surface area (TPSA) is 68.0 Å². The SMILES string of the molecule is CC(=O)Nc1ccc(/C=C/c2cccc(N)c2)cn1. The summed E-state index contributed by atoms with van der Waals surface area (Å²) in [5, 5.41) is 2.62. The molecule has 0 saturated carbocycles. The van der Waals surface area contributed by atoms with Gasteiger partial charge in [-0.05, 0) is 35.4 Å². The molecule has 0 saturated heterocycles. The van der Waals surface area contributed by atoms with Gasteiger partial charge in [0.1, 0.15) is 5.82 Å². The second-order valence-corrected chi connectivity index (χ2v) is 4.16. The van der Waals surface area contributed by atoms with Crippen LogP contribution in [0, 0.1) is 0 Å². The molecule has 2 rings (SSSR count). The lowest BCUT2D eigenvalue weighted by molar-refractivity contribution is -0.114. The van der Waals surface area contributed by atoms with Gasteiger partial charge < -0.3 is 11.1 Å². The molecule has 19 heavy (non-hydrogen) atoms. The van der Waals surface area contributed by atoms with Crippen molar-refractivity contribution in [3.05, 3.63) is 53.7 Å². The van der Waals surface area contributed by atoms with E-state index >= 15 is 0 Å². The summed E-state index contributed by atoms with van der Waals surface area (Å²) in [4.78, 5) is 15.0. The van der Waals surface area contributed by atoms with Crippen molar-refractivity contribution < 1.29 is 4.79 Å². The lowest BCUT2D eigenvalue weighted by Gasteiger charge is -2.00. The Morgan fingerprint density at radius 1 is 1.21 bits per heavy atom. The van der Waals surface area contributed by atoms with Crippen LogP contribution >= 0.6 is 0 Å². The van der Waals surface area contributed by atoms with Crippen LogP contribution in [-0.4, -0.2) is 10.9 Å². The highest BCUT2D eigenvalue weighted by Crippen LogP contribution is 2.12. The summed E-state index contributed by atoms with van der Waals surface area (Å²) >= 11 is 0. The van der Waals surface area contributed by atoms with Crippen molar-refractivity contribution in [3.8, 4) is 0 Å². The number of carbonyl (C=O) groups is 1. The molecule has 4 heteroatoms. The Kier molecular flexibility index (Phi) is 3.93. The summed E-state index contributed by atoms with van der Waals surface area (Å²) in [5.41, 5.74) is 8.43. The average Bonchev–Trinajstić information content (AvgIpc) is 2.37. The first-order valence-electron chi connectivity index (χ1n) is 5.91. The number of carbonyl (C=O) groups excluding carboxylic acids is 1. The molecule has 0 bridgehead atoms. The predicted octanol–water partition coefficient (Wildman–Crippen LogP) is 2.79. The number of amides is 1. The van der Waals surface area contributed by atoms with Gasteiger partial charge >= 0.3 is 0 Å². The van der Waals surface area contributed by atoms with Crippen LogP contribution in [0.15, 0.2) is 42.6 Å². The van der Waals surface area contributed by atoms with E-state index in [9.17, 15) is 4.79 Å². The lowest BCUT2D eigenvalue weighted by atomic mass is 10.1. The summed E-state index contributed by atoms with van der Waals surface area (Å²) in [6.07, 6.45) is 5.61. The van der Waals surface area contributed by atoms with Gasteiger partial charge in [0, 0.05) is 18.8 Å². The Labute approximate surface area is 112 Å². The Hall–Kier alpha value is -2.62. The van der Waals surface area contributed by atoms with Gasteiger partial charge in [0.25, 0.3) is 0 Å². The number of aromatic nitrogens is 1. The molecule has 3 N–H and O–H groups in total. The van der Waals surface area contributed by atoms with Gasteiger partial charge in [-0.25, -0.2) is 4.98 Å². The summed E-state index contributed by atoms with van der Waals surface area (Å²) < 4.78 is 0. The van der Waals surface area contributed by atoms with Crippen LogP contribution in [0.3, 0.4) is 0 Å². The molecular weight excluding hydrogens is 238 g/mol. The Bertz CT molecular complexity index is 603. The van der Waals surface area contributed by atoms with Crippen LogP contribution in [0.4, 0.5) is 11.5 Å². The van der Waals surface area contributed by atoms with Crippen LogP contribution in [0.2, 0.25) is 0 Å². The maximum Gasteiger partial charge on any atom is 0.222 e. The first kappa shape index (κ1) is 12.8. The number of nitrogen functional groups attached to an aromatic ring is 1. The van der Waals surface area contributed by atoms with Gasteiger partial charge in [-0.2, -0.15) is 0 Å². The first-order chi connectivity index (χ1) is 9.13. The number of rotatable bonds is 3. The van der Waals surface area contributed by atoms with Gasteiger partial charge in [-0.15, -0.1) is 0 Å². The number of hydrogen-bond acceptors (Lipinski definition) is 3. The molecule has 0 fully saturated rings. The van der Waals surface area contributed by atoms with Crippen molar-refractivity contribution in [3.63, 3.8) is 0 Å². The minimum Gasteiger partial charge on any atom is -0.399 e. The average molecular weight is 253 g/mol. The Morgan fingerprint density at radius 2 is 2.00 bits per heavy atom. The zero-order valence-electron chi connectivity index (χ0n) is 10.6. The van der Waals surface area contributed by atoms with E-state index < -0.39 is 0 Å². The standard InChI is InChI=1S/C15H15N3O/c1-11(19)18-15-8-7-13(10-17-15)6-5-12-3-2-4-14(16)9-12/h2-10H,16H2,1H3,(H,17,18,19)/b6-5+. The largest absolute Gasteiger partial charge is 0.399 e. The smallest absolute Gasteiger partial charge is 0.222 e. The van der Waals surface area contributed by atoms with Gasteiger partial charge in [0.15, 0.2) is 0 Å². The van der Waals surface area contributed by atoms with Crippen molar-refractivity contribution >= 4 is 29.6 Å². The van der Waals surface area contributed by atoms with E-state index in [-0.39, 0.29) is 5.91 Å². The quantitative estimate of drug-likeness (QED) is 0.826. The third kappa shape index (κ3) is 3.96. The highest BCUT2D eigenvalue weighted by Gasteiger charge is 1.96. The maximum absolute atomic E-state index is 10.9. The van der Waals surface area contributed by atoms with Gasteiger partial charge in [-0.3, -0.25) is 4.79 Å². The zero-order chi connectivity index (χ0) is 13.7. The summed E-state index contributed by atoms with van der Waals surface area (Å²) in [5.74, 6) is 0.421. The molecule has 2 aromatic rings. The molecule has 1 aromatic heterocycles. The van der Waals surface area contributed by atoms with Gasteiger partial charge in [0.2, 0.25) is 5.91 Å². The van der Waals surface area contributed by atoms with Crippen molar-refractivity contribution in [1.82, 2.24) is 4.98 Å². The minimum atomic E-state index is -0.129. The van der Waals surface area contributed by atoms with Crippen molar-refractivity contribution in [2.24, 2.45) is 0 Å². The van der Waals surface area contributed by atoms with Crippen molar-refractivity contribution in [1.29, 1.82) is 0 Å². The fraction of sp³-hybridized carbons (Fsp3) is 0.0667. The number of benzene rings is 1. The molecule has 4 nitrogen and oxygen atoms in total. The molecule has 0 radical (unpaired) electrons. The highest BCUT2D eigenvalue weighted by atomic mass is 16.1. The van der Waals surface area contributed by atoms with Crippen molar-refractivity contribution in [2.75, 3.05) is 11.1 Å². The maximum atomic E-state index is 10.9. The van der Waals surface area contributed by atoms with Crippen LogP contribution in [0.25, 0.3) is 12.2 Å². The third-order valence-electron chi connectivity index (χ3n) is 2.47. The van der Waals surface area contributed by atoms with Crippen LogP contribution in [-0.2, 0) is 4.79 Å². The van der Waals surface area contributed by atoms with Gasteiger partial charge in [-0.1, -0.05) is 24.3 Å². The molecule has 96 valence electrons. The predicted molar refractivity (Wildman–Crippen MR) is 78.3 cm³/mol. The van der Waals surface area contributed by atoms with E-state index in [1.54, 1.807) is 12.3 Å². The number of anilines is 2. The first-order valence-corrected chi connectivity index (χ1v) is 5.91. The lowest BCUT2D eigenvalue weighted by Crippen LogP contribution is -2.06. The van der Waals surface area contributed by atoms with Gasteiger partial charge in [0.05, 0.1) is 0 Å². The number of nitrogens with one attached hydrogen (secondary N) is 1. The molecule has 1 aromatic carbocycles. The molecule has 0 spiro atoms. The fourth-order valence-corrected chi connectivity index (χ4v) is 1.61. The van der Waals surface area contributed by atoms with E-state index in [4.69, 9.17) is 5.73 Å². The highest BCUT2D eigenvalue weighted by molar-refractivity contribution is 5.87. The molecule has 0 aliphatic carbocycles. The molecule has 1 amide bonds. The molecule has 0 atom stereocenters. The van der Waals surface area contributed by atoms with E-state index in [0.29, 0.717) is 5.82 Å². The minimum absolute atomic E-state index is 0.129. The summed E-state index contributed by atoms with van der Waals surface area (Å²) in [6, 6.07) is 11.3. The Balaban J connectivity index is 2.09. The van der Waals surface area contributed by atoms with Crippen molar-refractivity contribution in [2.45, 2.75) is 6.92 Å². The third-order valence-corrected chi connectivity index (χ3v) is 2.47. The second kappa shape index (κ2) is 5.82. The van der Waals surface area contributed by atoms with Crippen LogP contribution in [0.5, 0.6) is 0 Å². The summed E-state index contributed by atoms with van der Waals surface area (Å²) in [6.45, 7) is 1.45. The molecule has 0 unspecified atom stereocenters. The van der Waals surface area contributed by atoms with E-state index in [2.05, 4.69) is 10.3 Å². The van der Waals surface area contributed by atoms with E-state index in [0.717, 1.165) is 16.8 Å². The zero-order valence-corrected chi connectivity index (χ0v) is 10.6. The summed E-state index contributed by atoms with van der Waals surface area (Å²) in [7, 11) is 0. The molecule has 1 heterocycles. The monoisotopic (exact) mass is 253 g/mol. The molecule has 0 aliphatic rings. The number of nitrogens with two attached hydrogens (primary N) is 1. The number of pyridine rings is 1. The van der Waals surface area contributed by atoms with Crippen LogP contribution in [0.1, 0.15) is 18.1 Å². The van der Waals surface area contributed by atoms with Crippen LogP contribution < -0.4 is 11.1 Å². The van der Waals surface area contributed by atoms with E-state index in [1.165, 1.54) is 6.92 Å². The molecular formula is C15H15N3O. The van der Waals surface area contributed by atoms with E-state index in [1.807, 2.05) is 42.5 Å². The number of hydrogen-bond donors (Lipinski definition) is 2. The Morgan fingerprint density at radius 3 is 2.63 bits per heavy atom. The number of nitrogens with zero attached hydrogens (tertiary/aromatic N) is 1. The second-order valence-electron chi connectivity index (χ2n) is 4.16. The molecule has 0 aliphatic heterocycles. The normalized spacial score (nSPS) is 10.6.